The maximum absolute atomic E-state index is 13.8. The maximum atomic E-state index is 13.8. The highest BCUT2D eigenvalue weighted by molar-refractivity contribution is 7.91. The van der Waals surface area contributed by atoms with Crippen molar-refractivity contribution in [2.24, 2.45) is 7.05 Å². The zero-order valence-corrected chi connectivity index (χ0v) is 18.5. The molecule has 0 aliphatic carbocycles. The number of rotatable bonds is 4. The Hall–Kier alpha value is -2.86. The number of nitrogens with zero attached hydrogens (tertiary/aromatic N) is 4. The summed E-state index contributed by atoms with van der Waals surface area (Å²) in [4.78, 5) is 11.9. The zero-order valence-electron chi connectivity index (χ0n) is 17.0. The first-order chi connectivity index (χ1) is 15.3. The van der Waals surface area contributed by atoms with Gasteiger partial charge in [-0.1, -0.05) is 30.7 Å². The van der Waals surface area contributed by atoms with Crippen LogP contribution in [0.1, 0.15) is 12.5 Å². The Morgan fingerprint density at radius 2 is 1.76 bits per heavy atom. The van der Waals surface area contributed by atoms with Gasteiger partial charge in [0.2, 0.25) is 0 Å². The Morgan fingerprint density at radius 3 is 2.39 bits per heavy atom. The topological polar surface area (TPSA) is 77.7 Å². The average molecular weight is 505 g/mol. The average Bonchev–Trinajstić information content (AvgIpc) is 3.08. The molecular formula is C20H14ClF5N4O2S. The minimum atomic E-state index is -5.82. The molecule has 3 heterocycles. The van der Waals surface area contributed by atoms with Crippen LogP contribution in [0.5, 0.6) is 0 Å². The molecule has 0 unspecified atom stereocenters. The van der Waals surface area contributed by atoms with Crippen LogP contribution in [-0.4, -0.2) is 39.9 Å². The van der Waals surface area contributed by atoms with Crippen molar-refractivity contribution in [2.45, 2.75) is 23.9 Å². The molecule has 0 spiro atoms. The number of alkyl halides is 5. The number of hydrogen-bond acceptors (Lipinski definition) is 5. The molecule has 0 saturated heterocycles. The molecule has 13 heteroatoms. The van der Waals surface area contributed by atoms with E-state index in [-0.39, 0.29) is 43.7 Å². The highest BCUT2D eigenvalue weighted by Gasteiger charge is 2.59. The van der Waals surface area contributed by atoms with Gasteiger partial charge in [0.1, 0.15) is 16.1 Å². The number of imidazole rings is 1. The summed E-state index contributed by atoms with van der Waals surface area (Å²) >= 11 is 6.18. The minimum Gasteiger partial charge on any atom is -0.310 e. The molecule has 4 aromatic rings. The second-order valence-electron chi connectivity index (χ2n) is 7.17. The highest BCUT2D eigenvalue weighted by atomic mass is 35.5. The van der Waals surface area contributed by atoms with Crippen LogP contribution in [0, 0.1) is 0 Å². The molecular weight excluding hydrogens is 491 g/mol. The number of sulfone groups is 1. The molecule has 0 amide bonds. The lowest BCUT2D eigenvalue weighted by Gasteiger charge is -2.19. The van der Waals surface area contributed by atoms with E-state index in [9.17, 15) is 30.4 Å². The molecule has 0 radical (unpaired) electrons. The van der Waals surface area contributed by atoms with E-state index in [0.717, 1.165) is 0 Å². The van der Waals surface area contributed by atoms with Gasteiger partial charge in [-0.2, -0.15) is 22.0 Å². The molecule has 0 atom stereocenters. The third kappa shape index (κ3) is 3.61. The summed E-state index contributed by atoms with van der Waals surface area (Å²) in [5, 5.41) is 0.919. The number of aryl methyl sites for hydroxylation is 1. The van der Waals surface area contributed by atoms with Crippen LogP contribution in [0.3, 0.4) is 0 Å². The van der Waals surface area contributed by atoms with Gasteiger partial charge in [0.15, 0.2) is 21.3 Å². The molecule has 0 aliphatic rings. The predicted octanol–water partition coefficient (Wildman–Crippen LogP) is 5.28. The number of fused-ring (bicyclic) bond motifs is 2. The minimum absolute atomic E-state index is 0.0282. The molecule has 0 N–H and O–H groups in total. The van der Waals surface area contributed by atoms with E-state index in [4.69, 9.17) is 11.6 Å². The molecule has 0 bridgehead atoms. The fourth-order valence-corrected chi connectivity index (χ4v) is 4.89. The van der Waals surface area contributed by atoms with Crippen LogP contribution in [0.15, 0.2) is 41.6 Å². The van der Waals surface area contributed by atoms with Crippen molar-refractivity contribution in [2.75, 3.05) is 5.75 Å². The van der Waals surface area contributed by atoms with Gasteiger partial charge in [0.05, 0.1) is 11.3 Å². The summed E-state index contributed by atoms with van der Waals surface area (Å²) in [6.07, 6.45) is -4.06. The predicted molar refractivity (Wildman–Crippen MR) is 112 cm³/mol. The van der Waals surface area contributed by atoms with Crippen molar-refractivity contribution in [3.05, 3.63) is 47.2 Å². The first-order valence-electron chi connectivity index (χ1n) is 9.37. The Balaban J connectivity index is 2.03. The van der Waals surface area contributed by atoms with Crippen molar-refractivity contribution in [1.82, 2.24) is 19.5 Å². The van der Waals surface area contributed by atoms with Gasteiger partial charge >= 0.3 is 12.1 Å². The van der Waals surface area contributed by atoms with E-state index in [0.29, 0.717) is 17.6 Å². The van der Waals surface area contributed by atoms with Gasteiger partial charge in [-0.15, -0.1) is 0 Å². The molecule has 0 aliphatic heterocycles. The van der Waals surface area contributed by atoms with Gasteiger partial charge < -0.3 is 4.57 Å². The van der Waals surface area contributed by atoms with Crippen molar-refractivity contribution < 1.29 is 30.4 Å². The van der Waals surface area contributed by atoms with Crippen molar-refractivity contribution in [3.8, 4) is 11.5 Å². The number of hydrogen-bond donors (Lipinski definition) is 0. The van der Waals surface area contributed by atoms with Crippen LogP contribution < -0.4 is 0 Å². The molecule has 0 fully saturated rings. The molecule has 0 saturated carbocycles. The van der Waals surface area contributed by atoms with E-state index in [1.54, 1.807) is 12.1 Å². The van der Waals surface area contributed by atoms with Crippen molar-refractivity contribution in [1.29, 1.82) is 0 Å². The van der Waals surface area contributed by atoms with E-state index in [1.807, 2.05) is 0 Å². The molecule has 1 aromatic carbocycles. The fraction of sp³-hybridized carbons (Fsp3) is 0.250. The third-order valence-corrected chi connectivity index (χ3v) is 7.29. The van der Waals surface area contributed by atoms with Gasteiger partial charge in [-0.3, -0.25) is 4.98 Å². The van der Waals surface area contributed by atoms with Gasteiger partial charge in [0.25, 0.3) is 0 Å². The molecule has 4 rings (SSSR count). The Labute approximate surface area is 189 Å². The number of halogens is 6. The molecule has 174 valence electrons. The summed E-state index contributed by atoms with van der Waals surface area (Å²) in [6.45, 7) is 1.43. The lowest BCUT2D eigenvalue weighted by atomic mass is 10.1. The Morgan fingerprint density at radius 1 is 1.06 bits per heavy atom. The highest BCUT2D eigenvalue weighted by Crippen LogP contribution is 2.44. The summed E-state index contributed by atoms with van der Waals surface area (Å²) in [7, 11) is -2.47. The third-order valence-electron chi connectivity index (χ3n) is 5.17. The largest absolute Gasteiger partial charge is 0.458 e. The SMILES string of the molecule is CCS(=O)(=O)c1c(-c2nc3cc(C(F)(F)C(F)(F)F)cnc3n2C)ncc2c(Cl)cccc12. The van der Waals surface area contributed by atoms with Crippen LogP contribution in [0.25, 0.3) is 33.5 Å². The van der Waals surface area contributed by atoms with Gasteiger partial charge in [-0.05, 0) is 12.1 Å². The molecule has 33 heavy (non-hydrogen) atoms. The summed E-state index contributed by atoms with van der Waals surface area (Å²) in [5.74, 6) is -5.49. The second kappa shape index (κ2) is 7.59. The van der Waals surface area contributed by atoms with Crippen molar-refractivity contribution >= 4 is 43.4 Å². The summed E-state index contributed by atoms with van der Waals surface area (Å²) in [5.41, 5.74) is -1.79. The van der Waals surface area contributed by atoms with E-state index < -0.39 is 27.5 Å². The van der Waals surface area contributed by atoms with E-state index in [1.165, 1.54) is 30.8 Å². The van der Waals surface area contributed by atoms with Crippen LogP contribution >= 0.6 is 11.6 Å². The fourth-order valence-electron chi connectivity index (χ4n) is 3.42. The summed E-state index contributed by atoms with van der Waals surface area (Å²) in [6, 6.07) is 5.24. The molecule has 3 aromatic heterocycles. The normalized spacial score (nSPS) is 13.2. The van der Waals surface area contributed by atoms with Gasteiger partial charge in [-0.25, -0.2) is 18.4 Å². The van der Waals surface area contributed by atoms with Gasteiger partial charge in [0, 0.05) is 35.2 Å². The first-order valence-corrected chi connectivity index (χ1v) is 11.4. The van der Waals surface area contributed by atoms with Crippen LogP contribution in [0.2, 0.25) is 5.02 Å². The Bertz CT molecular complexity index is 1520. The number of pyridine rings is 2. The lowest BCUT2D eigenvalue weighted by molar-refractivity contribution is -0.289. The lowest BCUT2D eigenvalue weighted by Crippen LogP contribution is -2.33. The Kier molecular flexibility index (Phi) is 5.36. The second-order valence-corrected chi connectivity index (χ2v) is 9.80. The van der Waals surface area contributed by atoms with E-state index in [2.05, 4.69) is 15.0 Å². The first kappa shape index (κ1) is 23.3. The summed E-state index contributed by atoms with van der Waals surface area (Å²) < 4.78 is 93.2. The molecule has 6 nitrogen and oxygen atoms in total. The van der Waals surface area contributed by atoms with Crippen LogP contribution in [0.4, 0.5) is 22.0 Å². The smallest absolute Gasteiger partial charge is 0.310 e. The number of aromatic nitrogens is 4. The number of benzene rings is 1. The quantitative estimate of drug-likeness (QED) is 0.353. The van der Waals surface area contributed by atoms with Crippen LogP contribution in [-0.2, 0) is 22.8 Å². The zero-order chi connectivity index (χ0) is 24.3. The van der Waals surface area contributed by atoms with Crippen molar-refractivity contribution in [3.63, 3.8) is 0 Å². The standard InChI is InChI=1S/C20H14ClF5N4O2S/c1-3-33(31,32)16-11-5-4-6-13(21)12(11)9-27-15(16)18-29-14-7-10(8-28-17(14)30(18)2)19(22,23)20(24,25)26/h4-9H,3H2,1-2H3. The maximum Gasteiger partial charge on any atom is 0.458 e. The van der Waals surface area contributed by atoms with E-state index >= 15 is 0 Å². The monoisotopic (exact) mass is 504 g/mol.